The van der Waals surface area contributed by atoms with E-state index in [-0.39, 0.29) is 6.04 Å². The van der Waals surface area contributed by atoms with Gasteiger partial charge in [0.15, 0.2) is 5.58 Å². The molecule has 6 nitrogen and oxygen atoms in total. The molecule has 2 aromatic heterocycles. The zero-order valence-corrected chi connectivity index (χ0v) is 12.7. The van der Waals surface area contributed by atoms with Gasteiger partial charge in [-0.1, -0.05) is 12.1 Å². The third-order valence-corrected chi connectivity index (χ3v) is 3.96. The Bertz CT molecular complexity index is 741. The monoisotopic (exact) mass is 310 g/mol. The smallest absolute Gasteiger partial charge is 0.298 e. The third-order valence-electron chi connectivity index (χ3n) is 3.96. The van der Waals surface area contributed by atoms with Crippen LogP contribution in [0.3, 0.4) is 0 Å². The summed E-state index contributed by atoms with van der Waals surface area (Å²) < 4.78 is 11.8. The molecule has 0 radical (unpaired) electrons. The molecule has 1 aliphatic heterocycles. The number of oxazole rings is 1. The van der Waals surface area contributed by atoms with E-state index >= 15 is 0 Å². The van der Waals surface area contributed by atoms with Crippen LogP contribution in [0, 0.1) is 0 Å². The Morgan fingerprint density at radius 2 is 2.22 bits per heavy atom. The number of para-hydroxylation sites is 2. The highest BCUT2D eigenvalue weighted by atomic mass is 16.5. The number of rotatable bonds is 4. The van der Waals surface area contributed by atoms with E-state index < -0.39 is 0 Å². The van der Waals surface area contributed by atoms with E-state index in [9.17, 15) is 0 Å². The minimum absolute atomic E-state index is 0.164. The summed E-state index contributed by atoms with van der Waals surface area (Å²) in [4.78, 5) is 10.8. The topological polar surface area (TPSA) is 63.4 Å². The van der Waals surface area contributed by atoms with Crippen LogP contribution < -0.4 is 15.0 Å². The molecule has 1 N–H and O–H groups in total. The summed E-state index contributed by atoms with van der Waals surface area (Å²) in [5, 5.41) is 3.40. The molecule has 1 aromatic carbocycles. The van der Waals surface area contributed by atoms with E-state index in [2.05, 4.69) is 20.2 Å². The van der Waals surface area contributed by atoms with Gasteiger partial charge in [0.05, 0.1) is 12.2 Å². The van der Waals surface area contributed by atoms with Crippen LogP contribution in [0.15, 0.2) is 53.2 Å². The molecule has 0 unspecified atom stereocenters. The van der Waals surface area contributed by atoms with Gasteiger partial charge in [0.1, 0.15) is 17.9 Å². The summed E-state index contributed by atoms with van der Waals surface area (Å²) in [6, 6.07) is 12.4. The van der Waals surface area contributed by atoms with Crippen molar-refractivity contribution in [2.45, 2.75) is 6.04 Å². The molecule has 23 heavy (non-hydrogen) atoms. The quantitative estimate of drug-likeness (QED) is 0.796. The second kappa shape index (κ2) is 6.26. The van der Waals surface area contributed by atoms with Gasteiger partial charge in [-0.2, -0.15) is 4.98 Å². The maximum Gasteiger partial charge on any atom is 0.298 e. The van der Waals surface area contributed by atoms with Crippen molar-refractivity contribution < 1.29 is 9.15 Å². The van der Waals surface area contributed by atoms with Gasteiger partial charge >= 0.3 is 0 Å². The van der Waals surface area contributed by atoms with Crippen LogP contribution >= 0.6 is 0 Å². The van der Waals surface area contributed by atoms with Gasteiger partial charge in [-0.25, -0.2) is 0 Å². The van der Waals surface area contributed by atoms with Crippen molar-refractivity contribution in [1.82, 2.24) is 15.3 Å². The average Bonchev–Trinajstić information content (AvgIpc) is 3.05. The van der Waals surface area contributed by atoms with Crippen molar-refractivity contribution in [2.24, 2.45) is 0 Å². The Kier molecular flexibility index (Phi) is 3.81. The number of hydrogen-bond acceptors (Lipinski definition) is 6. The normalized spacial score (nSPS) is 18.3. The first-order valence-corrected chi connectivity index (χ1v) is 7.76. The first-order valence-electron chi connectivity index (χ1n) is 7.76. The second-order valence-electron chi connectivity index (χ2n) is 5.52. The van der Waals surface area contributed by atoms with Gasteiger partial charge in [0.25, 0.3) is 6.01 Å². The zero-order chi connectivity index (χ0) is 15.5. The van der Waals surface area contributed by atoms with Gasteiger partial charge in [-0.15, -0.1) is 0 Å². The van der Waals surface area contributed by atoms with Gasteiger partial charge in [-0.3, -0.25) is 4.98 Å². The number of fused-ring (bicyclic) bond motifs is 1. The fourth-order valence-corrected chi connectivity index (χ4v) is 2.77. The van der Waals surface area contributed by atoms with Crippen molar-refractivity contribution in [3.05, 3.63) is 48.8 Å². The summed E-state index contributed by atoms with van der Waals surface area (Å²) in [5.74, 6) is 0.774. The number of benzene rings is 1. The fourth-order valence-electron chi connectivity index (χ4n) is 2.77. The van der Waals surface area contributed by atoms with Crippen molar-refractivity contribution in [1.29, 1.82) is 0 Å². The van der Waals surface area contributed by atoms with Crippen LogP contribution in [-0.2, 0) is 0 Å². The maximum atomic E-state index is 5.91. The van der Waals surface area contributed by atoms with Crippen LogP contribution in [0.1, 0.15) is 0 Å². The number of pyridine rings is 1. The Morgan fingerprint density at radius 1 is 1.26 bits per heavy atom. The lowest BCUT2D eigenvalue weighted by Crippen LogP contribution is -2.54. The summed E-state index contributed by atoms with van der Waals surface area (Å²) >= 11 is 0. The van der Waals surface area contributed by atoms with E-state index in [0.717, 1.165) is 36.5 Å². The molecule has 118 valence electrons. The van der Waals surface area contributed by atoms with Gasteiger partial charge in [-0.05, 0) is 24.3 Å². The number of aromatic nitrogens is 2. The number of nitrogens with zero attached hydrogens (tertiary/aromatic N) is 3. The summed E-state index contributed by atoms with van der Waals surface area (Å²) in [5.41, 5.74) is 1.70. The fraction of sp³-hybridized carbons (Fsp3) is 0.294. The minimum Gasteiger partial charge on any atom is -0.490 e. The highest BCUT2D eigenvalue weighted by Crippen LogP contribution is 2.24. The molecule has 6 heteroatoms. The molecule has 4 rings (SSSR count). The number of nitrogens with one attached hydrogen (secondary N) is 1. The predicted octanol–water partition coefficient (Wildman–Crippen LogP) is 2.08. The molecule has 0 saturated carbocycles. The van der Waals surface area contributed by atoms with E-state index in [4.69, 9.17) is 9.15 Å². The number of piperazine rings is 1. The molecule has 1 saturated heterocycles. The van der Waals surface area contributed by atoms with Crippen molar-refractivity contribution in [3.8, 4) is 5.75 Å². The number of hydrogen-bond donors (Lipinski definition) is 1. The standard InChI is InChI=1S/C17H18N4O2/c1-2-6-16-15(5-1)20-17(23-16)21-9-8-19-10-13(21)12-22-14-4-3-7-18-11-14/h1-7,11,13,19H,8-10,12H2/t13-/m0/s1. The first kappa shape index (κ1) is 14.0. The molecule has 0 bridgehead atoms. The Balaban J connectivity index is 1.53. The van der Waals surface area contributed by atoms with Gasteiger partial charge in [0, 0.05) is 25.8 Å². The molecule has 1 fully saturated rings. The lowest BCUT2D eigenvalue weighted by molar-refractivity contribution is 0.261. The van der Waals surface area contributed by atoms with Gasteiger partial charge < -0.3 is 19.4 Å². The Morgan fingerprint density at radius 3 is 3.09 bits per heavy atom. The van der Waals surface area contributed by atoms with E-state index in [1.807, 2.05) is 36.4 Å². The molecule has 1 aliphatic rings. The second-order valence-corrected chi connectivity index (χ2v) is 5.52. The SMILES string of the molecule is c1cncc(OC[C@@H]2CNCCN2c2nc3ccccc3o2)c1. The highest BCUT2D eigenvalue weighted by molar-refractivity contribution is 5.74. The molecule has 0 aliphatic carbocycles. The minimum atomic E-state index is 0.164. The number of ether oxygens (including phenoxy) is 1. The molecule has 0 amide bonds. The van der Waals surface area contributed by atoms with Crippen molar-refractivity contribution in [3.63, 3.8) is 0 Å². The highest BCUT2D eigenvalue weighted by Gasteiger charge is 2.26. The summed E-state index contributed by atoms with van der Waals surface area (Å²) in [6.07, 6.45) is 3.46. The van der Waals surface area contributed by atoms with Crippen LogP contribution in [-0.4, -0.2) is 42.3 Å². The van der Waals surface area contributed by atoms with E-state index in [1.165, 1.54) is 0 Å². The number of anilines is 1. The molecule has 3 aromatic rings. The predicted molar refractivity (Wildman–Crippen MR) is 87.7 cm³/mol. The lowest BCUT2D eigenvalue weighted by atomic mass is 10.2. The first-order chi connectivity index (χ1) is 11.4. The summed E-state index contributed by atoms with van der Waals surface area (Å²) in [7, 11) is 0. The molecule has 3 heterocycles. The van der Waals surface area contributed by atoms with E-state index in [1.54, 1.807) is 12.4 Å². The van der Waals surface area contributed by atoms with Crippen LogP contribution in [0.25, 0.3) is 11.1 Å². The molecular weight excluding hydrogens is 292 g/mol. The third kappa shape index (κ3) is 2.98. The van der Waals surface area contributed by atoms with Crippen LogP contribution in [0.2, 0.25) is 0 Å². The lowest BCUT2D eigenvalue weighted by Gasteiger charge is -2.34. The van der Waals surface area contributed by atoms with Gasteiger partial charge in [0.2, 0.25) is 0 Å². The molecule has 0 spiro atoms. The largest absolute Gasteiger partial charge is 0.490 e. The van der Waals surface area contributed by atoms with Crippen molar-refractivity contribution >= 4 is 17.1 Å². The maximum absolute atomic E-state index is 5.91. The Hall–Kier alpha value is -2.60. The molecular formula is C17H18N4O2. The van der Waals surface area contributed by atoms with Crippen molar-refractivity contribution in [2.75, 3.05) is 31.1 Å². The summed E-state index contributed by atoms with van der Waals surface area (Å²) in [6.45, 7) is 3.13. The Labute approximate surface area is 134 Å². The molecule has 1 atom stereocenters. The van der Waals surface area contributed by atoms with E-state index in [0.29, 0.717) is 12.6 Å². The zero-order valence-electron chi connectivity index (χ0n) is 12.7. The van der Waals surface area contributed by atoms with Crippen LogP contribution in [0.5, 0.6) is 5.75 Å². The van der Waals surface area contributed by atoms with Crippen LogP contribution in [0.4, 0.5) is 6.01 Å². The average molecular weight is 310 g/mol.